The van der Waals surface area contributed by atoms with Gasteiger partial charge in [-0.2, -0.15) is 0 Å². The third kappa shape index (κ3) is 3.21. The van der Waals surface area contributed by atoms with Crippen LogP contribution in [0.3, 0.4) is 0 Å². The van der Waals surface area contributed by atoms with Crippen LogP contribution in [0.1, 0.15) is 63.4 Å². The van der Waals surface area contributed by atoms with Crippen molar-refractivity contribution in [1.82, 2.24) is 10.3 Å². The van der Waals surface area contributed by atoms with Gasteiger partial charge in [0.05, 0.1) is 17.2 Å². The lowest BCUT2D eigenvalue weighted by molar-refractivity contribution is -0.124. The first-order valence-electron chi connectivity index (χ1n) is 8.66. The quantitative estimate of drug-likeness (QED) is 0.912. The molecule has 1 saturated carbocycles. The van der Waals surface area contributed by atoms with Gasteiger partial charge in [-0.3, -0.25) is 9.78 Å². The molecular weight excluding hydrogens is 296 g/mol. The lowest BCUT2D eigenvalue weighted by atomic mass is 9.85. The summed E-state index contributed by atoms with van der Waals surface area (Å²) in [6, 6.07) is 14.3. The molecule has 24 heavy (non-hydrogen) atoms. The van der Waals surface area contributed by atoms with Crippen molar-refractivity contribution in [2.24, 2.45) is 0 Å². The number of hydrogen-bond acceptors (Lipinski definition) is 2. The number of aromatic nitrogens is 1. The van der Waals surface area contributed by atoms with Gasteiger partial charge in [-0.25, -0.2) is 0 Å². The first kappa shape index (κ1) is 16.7. The van der Waals surface area contributed by atoms with Crippen LogP contribution in [0, 0.1) is 0 Å². The van der Waals surface area contributed by atoms with Crippen molar-refractivity contribution in [2.45, 2.75) is 57.4 Å². The number of nitrogens with zero attached hydrogens (tertiary/aromatic N) is 1. The van der Waals surface area contributed by atoms with Gasteiger partial charge in [0.2, 0.25) is 5.91 Å². The summed E-state index contributed by atoms with van der Waals surface area (Å²) in [5, 5.41) is 3.14. The van der Waals surface area contributed by atoms with Crippen LogP contribution in [-0.4, -0.2) is 10.9 Å². The molecule has 1 atom stereocenters. The Labute approximate surface area is 144 Å². The fourth-order valence-corrected chi connectivity index (χ4v) is 3.10. The Morgan fingerprint density at radius 1 is 1.12 bits per heavy atom. The zero-order valence-electron chi connectivity index (χ0n) is 15.0. The van der Waals surface area contributed by atoms with Crippen molar-refractivity contribution >= 4 is 5.91 Å². The number of pyridine rings is 1. The first-order chi connectivity index (χ1) is 11.3. The van der Waals surface area contributed by atoms with Gasteiger partial charge in [-0.05, 0) is 48.4 Å². The normalized spacial score (nSPS) is 17.2. The number of rotatable bonds is 4. The average Bonchev–Trinajstić information content (AvgIpc) is 3.37. The smallest absolute Gasteiger partial charge is 0.231 e. The van der Waals surface area contributed by atoms with Gasteiger partial charge in [-0.15, -0.1) is 0 Å². The van der Waals surface area contributed by atoms with Crippen LogP contribution in [0.15, 0.2) is 48.7 Å². The largest absolute Gasteiger partial charge is 0.347 e. The average molecular weight is 322 g/mol. The van der Waals surface area contributed by atoms with Gasteiger partial charge >= 0.3 is 0 Å². The van der Waals surface area contributed by atoms with Crippen molar-refractivity contribution in [1.29, 1.82) is 0 Å². The molecule has 3 heteroatoms. The van der Waals surface area contributed by atoms with Crippen LogP contribution in [0.5, 0.6) is 0 Å². The lowest BCUT2D eigenvalue weighted by Crippen LogP contribution is -2.36. The topological polar surface area (TPSA) is 42.0 Å². The summed E-state index contributed by atoms with van der Waals surface area (Å²) < 4.78 is 0. The molecule has 0 bridgehead atoms. The highest BCUT2D eigenvalue weighted by molar-refractivity contribution is 5.91. The molecule has 1 aliphatic carbocycles. The number of nitrogens with one attached hydrogen (secondary N) is 1. The molecule has 3 nitrogen and oxygen atoms in total. The second kappa shape index (κ2) is 6.04. The number of carbonyl (C=O) groups excluding carboxylic acids is 1. The van der Waals surface area contributed by atoms with E-state index in [-0.39, 0.29) is 22.8 Å². The minimum absolute atomic E-state index is 0.0787. The molecule has 1 aromatic heterocycles. The van der Waals surface area contributed by atoms with E-state index in [0.717, 1.165) is 24.1 Å². The van der Waals surface area contributed by atoms with E-state index in [1.165, 1.54) is 5.56 Å². The molecule has 0 saturated heterocycles. The highest BCUT2D eigenvalue weighted by atomic mass is 16.2. The molecule has 0 spiro atoms. The fraction of sp³-hybridized carbons (Fsp3) is 0.429. The number of carbonyl (C=O) groups is 1. The first-order valence-corrected chi connectivity index (χ1v) is 8.66. The van der Waals surface area contributed by atoms with Crippen molar-refractivity contribution in [2.75, 3.05) is 0 Å². The zero-order chi connectivity index (χ0) is 17.4. The number of hydrogen-bond donors (Lipinski definition) is 1. The van der Waals surface area contributed by atoms with Crippen molar-refractivity contribution in [3.05, 3.63) is 65.5 Å². The summed E-state index contributed by atoms with van der Waals surface area (Å²) in [6.07, 6.45) is 3.60. The molecule has 1 aromatic carbocycles. The van der Waals surface area contributed by atoms with Crippen molar-refractivity contribution in [3.8, 4) is 0 Å². The summed E-state index contributed by atoms with van der Waals surface area (Å²) in [6.45, 7) is 8.60. The summed E-state index contributed by atoms with van der Waals surface area (Å²) in [7, 11) is 0. The molecule has 1 aliphatic rings. The van der Waals surface area contributed by atoms with Crippen molar-refractivity contribution < 1.29 is 4.79 Å². The molecular formula is C21H26N2O. The molecule has 126 valence electrons. The molecule has 0 radical (unpaired) electrons. The Hall–Kier alpha value is -2.16. The Kier molecular flexibility index (Phi) is 4.20. The van der Waals surface area contributed by atoms with Crippen LogP contribution in [0.2, 0.25) is 0 Å². The van der Waals surface area contributed by atoms with E-state index >= 15 is 0 Å². The van der Waals surface area contributed by atoms with Crippen LogP contribution >= 0.6 is 0 Å². The van der Waals surface area contributed by atoms with E-state index in [2.05, 4.69) is 55.3 Å². The Morgan fingerprint density at radius 3 is 2.29 bits per heavy atom. The molecule has 1 heterocycles. The molecule has 1 amide bonds. The van der Waals surface area contributed by atoms with E-state index in [4.69, 9.17) is 0 Å². The highest BCUT2D eigenvalue weighted by Crippen LogP contribution is 2.49. The van der Waals surface area contributed by atoms with Crippen LogP contribution < -0.4 is 5.32 Å². The van der Waals surface area contributed by atoms with Crippen LogP contribution in [-0.2, 0) is 15.6 Å². The van der Waals surface area contributed by atoms with Gasteiger partial charge in [-0.1, -0.05) is 51.1 Å². The van der Waals surface area contributed by atoms with Gasteiger partial charge in [0.1, 0.15) is 0 Å². The third-order valence-corrected chi connectivity index (χ3v) is 4.97. The molecule has 0 aliphatic heterocycles. The highest BCUT2D eigenvalue weighted by Gasteiger charge is 2.51. The maximum Gasteiger partial charge on any atom is 0.231 e. The molecule has 2 aromatic rings. The standard InChI is InChI=1S/C21H26N2O/c1-15(18-7-5-6-14-22-18)23-19(24)21(12-13-21)17-10-8-16(9-11-17)20(2,3)4/h5-11,14-15H,12-13H2,1-4H3,(H,23,24). The van der Waals surface area contributed by atoms with Gasteiger partial charge in [0.25, 0.3) is 0 Å². The monoisotopic (exact) mass is 322 g/mol. The fourth-order valence-electron chi connectivity index (χ4n) is 3.10. The van der Waals surface area contributed by atoms with Gasteiger partial charge in [0, 0.05) is 6.20 Å². The second-order valence-electron chi connectivity index (χ2n) is 7.86. The predicted octanol–water partition coefficient (Wildman–Crippen LogP) is 4.29. The molecule has 1 N–H and O–H groups in total. The van der Waals surface area contributed by atoms with Gasteiger partial charge in [0.15, 0.2) is 0 Å². The number of benzene rings is 1. The summed E-state index contributed by atoms with van der Waals surface area (Å²) >= 11 is 0. The molecule has 3 rings (SSSR count). The van der Waals surface area contributed by atoms with E-state index in [1.54, 1.807) is 6.20 Å². The minimum Gasteiger partial charge on any atom is -0.347 e. The Bertz CT molecular complexity index is 710. The molecule has 1 fully saturated rings. The number of amides is 1. The van der Waals surface area contributed by atoms with Crippen LogP contribution in [0.4, 0.5) is 0 Å². The van der Waals surface area contributed by atoms with Gasteiger partial charge < -0.3 is 5.32 Å². The summed E-state index contributed by atoms with van der Waals surface area (Å²) in [5.74, 6) is 0.115. The maximum atomic E-state index is 12.9. The third-order valence-electron chi connectivity index (χ3n) is 4.97. The Balaban J connectivity index is 1.75. The summed E-state index contributed by atoms with van der Waals surface area (Å²) in [5.41, 5.74) is 3.10. The summed E-state index contributed by atoms with van der Waals surface area (Å²) in [4.78, 5) is 17.2. The van der Waals surface area contributed by atoms with E-state index in [1.807, 2.05) is 25.1 Å². The van der Waals surface area contributed by atoms with E-state index in [9.17, 15) is 4.79 Å². The second-order valence-corrected chi connectivity index (χ2v) is 7.86. The van der Waals surface area contributed by atoms with E-state index < -0.39 is 0 Å². The van der Waals surface area contributed by atoms with E-state index in [0.29, 0.717) is 0 Å². The maximum absolute atomic E-state index is 12.9. The Morgan fingerprint density at radius 2 is 1.79 bits per heavy atom. The molecule has 1 unspecified atom stereocenters. The zero-order valence-corrected chi connectivity index (χ0v) is 15.0. The minimum atomic E-state index is -0.348. The van der Waals surface area contributed by atoms with Crippen LogP contribution in [0.25, 0.3) is 0 Å². The SMILES string of the molecule is CC(NC(=O)C1(c2ccc(C(C)(C)C)cc2)CC1)c1ccccn1. The predicted molar refractivity (Wildman–Crippen MR) is 96.8 cm³/mol. The van der Waals surface area contributed by atoms with Crippen molar-refractivity contribution in [3.63, 3.8) is 0 Å². The lowest BCUT2D eigenvalue weighted by Gasteiger charge is -2.22.